The van der Waals surface area contributed by atoms with Gasteiger partial charge in [-0.2, -0.15) is 0 Å². The van der Waals surface area contributed by atoms with Gasteiger partial charge in [0, 0.05) is 17.3 Å². The van der Waals surface area contributed by atoms with Crippen LogP contribution in [0.4, 0.5) is 5.69 Å². The van der Waals surface area contributed by atoms with Gasteiger partial charge >= 0.3 is 0 Å². The first-order chi connectivity index (χ1) is 13.7. The van der Waals surface area contributed by atoms with E-state index in [0.29, 0.717) is 25.5 Å². The van der Waals surface area contributed by atoms with Crippen molar-refractivity contribution in [3.05, 3.63) is 66.2 Å². The predicted octanol–water partition coefficient (Wildman–Crippen LogP) is 4.12. The van der Waals surface area contributed by atoms with Crippen molar-refractivity contribution in [1.82, 2.24) is 10.2 Å². The summed E-state index contributed by atoms with van der Waals surface area (Å²) in [5.41, 5.74) is 3.33. The van der Waals surface area contributed by atoms with Crippen LogP contribution in [0.15, 0.2) is 60.7 Å². The Balaban J connectivity index is 1.58. The summed E-state index contributed by atoms with van der Waals surface area (Å²) in [4.78, 5) is 12.3. The summed E-state index contributed by atoms with van der Waals surface area (Å²) in [5, 5.41) is 11.1. The highest BCUT2D eigenvalue weighted by Gasteiger charge is 2.06. The van der Waals surface area contributed by atoms with Crippen molar-refractivity contribution in [1.29, 1.82) is 0 Å². The molecule has 0 aliphatic heterocycles. The van der Waals surface area contributed by atoms with E-state index in [-0.39, 0.29) is 5.91 Å². The molecule has 0 aliphatic rings. The summed E-state index contributed by atoms with van der Waals surface area (Å²) >= 11 is 0. The first-order valence-electron chi connectivity index (χ1n) is 9.26. The van der Waals surface area contributed by atoms with Gasteiger partial charge in [0.15, 0.2) is 0 Å². The number of hydrogen-bond acceptors (Lipinski definition) is 5. The van der Waals surface area contributed by atoms with Crippen molar-refractivity contribution < 1.29 is 14.3 Å². The SMILES string of the molecule is CCOc1ccc(CC(=O)Nc2ccc(-c3ccc(OCC)nn3)cc2)cc1. The van der Waals surface area contributed by atoms with Crippen molar-refractivity contribution in [3.8, 4) is 22.9 Å². The van der Waals surface area contributed by atoms with Crippen molar-refractivity contribution in [2.75, 3.05) is 18.5 Å². The molecule has 0 aliphatic carbocycles. The largest absolute Gasteiger partial charge is 0.494 e. The number of aromatic nitrogens is 2. The van der Waals surface area contributed by atoms with E-state index in [2.05, 4.69) is 15.5 Å². The van der Waals surface area contributed by atoms with E-state index < -0.39 is 0 Å². The molecule has 1 amide bonds. The van der Waals surface area contributed by atoms with Crippen LogP contribution in [0, 0.1) is 0 Å². The minimum Gasteiger partial charge on any atom is -0.494 e. The third-order valence-corrected chi connectivity index (χ3v) is 4.00. The topological polar surface area (TPSA) is 73.3 Å². The van der Waals surface area contributed by atoms with Crippen molar-refractivity contribution in [2.45, 2.75) is 20.3 Å². The molecular weight excluding hydrogens is 354 g/mol. The number of carbonyl (C=O) groups excluding carboxylic acids is 1. The van der Waals surface area contributed by atoms with Gasteiger partial charge in [0.25, 0.3) is 0 Å². The molecule has 0 atom stereocenters. The number of ether oxygens (including phenoxy) is 2. The minimum absolute atomic E-state index is 0.0715. The van der Waals surface area contributed by atoms with E-state index in [1.807, 2.05) is 68.4 Å². The lowest BCUT2D eigenvalue weighted by Crippen LogP contribution is -2.14. The van der Waals surface area contributed by atoms with E-state index in [4.69, 9.17) is 9.47 Å². The zero-order valence-corrected chi connectivity index (χ0v) is 16.0. The molecule has 0 saturated carbocycles. The fourth-order valence-corrected chi connectivity index (χ4v) is 2.68. The number of anilines is 1. The molecule has 3 rings (SSSR count). The molecule has 0 radical (unpaired) electrons. The standard InChI is InChI=1S/C22H23N3O3/c1-3-27-19-11-5-16(6-12-19)15-21(26)23-18-9-7-17(8-10-18)20-13-14-22(25-24-20)28-4-2/h5-14H,3-4,15H2,1-2H3,(H,23,26). The summed E-state index contributed by atoms with van der Waals surface area (Å²) in [6.07, 6.45) is 0.304. The summed E-state index contributed by atoms with van der Waals surface area (Å²) in [7, 11) is 0. The second kappa shape index (κ2) is 9.50. The molecule has 1 heterocycles. The maximum Gasteiger partial charge on any atom is 0.233 e. The quantitative estimate of drug-likeness (QED) is 0.639. The van der Waals surface area contributed by atoms with E-state index in [9.17, 15) is 4.79 Å². The van der Waals surface area contributed by atoms with Gasteiger partial charge in [0.1, 0.15) is 5.75 Å². The highest BCUT2D eigenvalue weighted by Crippen LogP contribution is 2.20. The Morgan fingerprint density at radius 3 is 2.18 bits per heavy atom. The van der Waals surface area contributed by atoms with Gasteiger partial charge in [-0.1, -0.05) is 24.3 Å². The number of nitrogens with zero attached hydrogens (tertiary/aromatic N) is 2. The molecule has 0 saturated heterocycles. The van der Waals surface area contributed by atoms with Gasteiger partial charge in [0.2, 0.25) is 11.8 Å². The molecule has 6 heteroatoms. The highest BCUT2D eigenvalue weighted by molar-refractivity contribution is 5.92. The summed E-state index contributed by atoms with van der Waals surface area (Å²) in [6, 6.07) is 18.7. The van der Waals surface area contributed by atoms with Crippen LogP contribution in [0.5, 0.6) is 11.6 Å². The molecular formula is C22H23N3O3. The Morgan fingerprint density at radius 2 is 1.57 bits per heavy atom. The average Bonchev–Trinajstić information content (AvgIpc) is 2.71. The molecule has 0 bridgehead atoms. The molecule has 1 aromatic heterocycles. The monoisotopic (exact) mass is 377 g/mol. The van der Waals surface area contributed by atoms with Crippen LogP contribution in [-0.2, 0) is 11.2 Å². The van der Waals surface area contributed by atoms with E-state index >= 15 is 0 Å². The maximum atomic E-state index is 12.3. The summed E-state index contributed by atoms with van der Waals surface area (Å²) in [5.74, 6) is 1.24. The molecule has 0 spiro atoms. The molecule has 144 valence electrons. The second-order valence-corrected chi connectivity index (χ2v) is 6.07. The van der Waals surface area contributed by atoms with Crippen LogP contribution >= 0.6 is 0 Å². The number of nitrogens with one attached hydrogen (secondary N) is 1. The van der Waals surface area contributed by atoms with Crippen LogP contribution in [0.25, 0.3) is 11.3 Å². The van der Waals surface area contributed by atoms with Gasteiger partial charge in [-0.05, 0) is 49.7 Å². The first-order valence-corrected chi connectivity index (χ1v) is 9.26. The molecule has 6 nitrogen and oxygen atoms in total. The average molecular weight is 377 g/mol. The third-order valence-electron chi connectivity index (χ3n) is 4.00. The van der Waals surface area contributed by atoms with Crippen LogP contribution in [0.2, 0.25) is 0 Å². The van der Waals surface area contributed by atoms with Crippen LogP contribution < -0.4 is 14.8 Å². The third kappa shape index (κ3) is 5.30. The molecule has 1 N–H and O–H groups in total. The Labute approximate surface area is 164 Å². The van der Waals surface area contributed by atoms with Gasteiger partial charge in [-0.25, -0.2) is 0 Å². The number of rotatable bonds is 8. The van der Waals surface area contributed by atoms with Gasteiger partial charge < -0.3 is 14.8 Å². The van der Waals surface area contributed by atoms with Crippen molar-refractivity contribution >= 4 is 11.6 Å². The zero-order chi connectivity index (χ0) is 19.8. The molecule has 3 aromatic rings. The lowest BCUT2D eigenvalue weighted by molar-refractivity contribution is -0.115. The van der Waals surface area contributed by atoms with E-state index in [0.717, 1.165) is 28.3 Å². The minimum atomic E-state index is -0.0715. The van der Waals surface area contributed by atoms with Gasteiger partial charge in [0.05, 0.1) is 25.3 Å². The second-order valence-electron chi connectivity index (χ2n) is 6.07. The first kappa shape index (κ1) is 19.4. The number of amides is 1. The van der Waals surface area contributed by atoms with Gasteiger partial charge in [-0.3, -0.25) is 4.79 Å². The summed E-state index contributed by atoms with van der Waals surface area (Å²) < 4.78 is 10.7. The van der Waals surface area contributed by atoms with Gasteiger partial charge in [-0.15, -0.1) is 10.2 Å². The smallest absolute Gasteiger partial charge is 0.233 e. The Bertz CT molecular complexity index is 892. The Hall–Kier alpha value is -3.41. The molecule has 0 unspecified atom stereocenters. The lowest BCUT2D eigenvalue weighted by Gasteiger charge is -2.08. The molecule has 0 fully saturated rings. The lowest BCUT2D eigenvalue weighted by atomic mass is 10.1. The fourth-order valence-electron chi connectivity index (χ4n) is 2.68. The van der Waals surface area contributed by atoms with Crippen molar-refractivity contribution in [3.63, 3.8) is 0 Å². The van der Waals surface area contributed by atoms with E-state index in [1.54, 1.807) is 6.07 Å². The van der Waals surface area contributed by atoms with E-state index in [1.165, 1.54) is 0 Å². The van der Waals surface area contributed by atoms with Crippen LogP contribution in [-0.4, -0.2) is 29.3 Å². The van der Waals surface area contributed by atoms with Crippen molar-refractivity contribution in [2.24, 2.45) is 0 Å². The number of hydrogen-bond donors (Lipinski definition) is 1. The Kier molecular flexibility index (Phi) is 6.57. The number of carbonyl (C=O) groups is 1. The molecule has 2 aromatic carbocycles. The number of benzene rings is 2. The van der Waals surface area contributed by atoms with Crippen LogP contribution in [0.3, 0.4) is 0 Å². The fraction of sp³-hybridized carbons (Fsp3) is 0.227. The molecule has 28 heavy (non-hydrogen) atoms. The highest BCUT2D eigenvalue weighted by atomic mass is 16.5. The van der Waals surface area contributed by atoms with Crippen LogP contribution in [0.1, 0.15) is 19.4 Å². The zero-order valence-electron chi connectivity index (χ0n) is 16.0. The maximum absolute atomic E-state index is 12.3. The Morgan fingerprint density at radius 1 is 0.857 bits per heavy atom. The predicted molar refractivity (Wildman–Crippen MR) is 109 cm³/mol. The summed E-state index contributed by atoms with van der Waals surface area (Å²) in [6.45, 7) is 5.02. The normalized spacial score (nSPS) is 10.4.